The van der Waals surface area contributed by atoms with Gasteiger partial charge >= 0.3 is 17.9 Å². The summed E-state index contributed by atoms with van der Waals surface area (Å²) in [6, 6.07) is 0. The number of rotatable bonds is 2. The Kier molecular flexibility index (Phi) is 4.90. The molecule has 34 heavy (non-hydrogen) atoms. The highest BCUT2D eigenvalue weighted by Crippen LogP contribution is 2.69. The van der Waals surface area contributed by atoms with Crippen molar-refractivity contribution < 1.29 is 48.3 Å². The Labute approximate surface area is 197 Å². The molecule has 0 aromatic rings. The largest absolute Gasteiger partial charge is 0.462 e. The molecule has 3 heterocycles. The first kappa shape index (κ1) is 23.7. The van der Waals surface area contributed by atoms with Gasteiger partial charge in [0.1, 0.15) is 12.2 Å². The number of carbonyl (C=O) groups excluding carboxylic acids is 3. The van der Waals surface area contributed by atoms with Gasteiger partial charge in [-0.1, -0.05) is 12.5 Å². The zero-order valence-corrected chi connectivity index (χ0v) is 20.2. The summed E-state index contributed by atoms with van der Waals surface area (Å²) in [6.45, 7) is 9.44. The van der Waals surface area contributed by atoms with Crippen molar-refractivity contribution in [1.29, 1.82) is 0 Å². The number of carbonyl (C=O) groups is 3. The summed E-state index contributed by atoms with van der Waals surface area (Å²) in [4.78, 5) is 37.3. The van der Waals surface area contributed by atoms with E-state index in [1.165, 1.54) is 13.8 Å². The van der Waals surface area contributed by atoms with Crippen LogP contribution in [0.1, 0.15) is 54.4 Å². The summed E-state index contributed by atoms with van der Waals surface area (Å²) in [5.74, 6) is -2.54. The Morgan fingerprint density at radius 1 is 1.12 bits per heavy atom. The monoisotopic (exact) mass is 480 g/mol. The van der Waals surface area contributed by atoms with Gasteiger partial charge in [-0.3, -0.25) is 9.59 Å². The molecule has 0 radical (unpaired) electrons. The molecule has 1 spiro atoms. The predicted molar refractivity (Wildman–Crippen MR) is 113 cm³/mol. The molecule has 4 fully saturated rings. The van der Waals surface area contributed by atoms with Gasteiger partial charge in [0.15, 0.2) is 17.3 Å². The van der Waals surface area contributed by atoms with Crippen molar-refractivity contribution in [2.24, 2.45) is 11.3 Å². The molecule has 0 aromatic carbocycles. The van der Waals surface area contributed by atoms with Crippen LogP contribution in [0.4, 0.5) is 0 Å². The topological polar surface area (TPSA) is 144 Å². The lowest BCUT2D eigenvalue weighted by Crippen LogP contribution is -2.67. The zero-order chi connectivity index (χ0) is 25.0. The first-order chi connectivity index (χ1) is 15.7. The molecule has 11 atom stereocenters. The van der Waals surface area contributed by atoms with Gasteiger partial charge in [0.25, 0.3) is 0 Å². The van der Waals surface area contributed by atoms with Crippen LogP contribution in [0.15, 0.2) is 11.6 Å². The second-order valence-electron chi connectivity index (χ2n) is 11.0. The molecular formula is C24H32O10. The van der Waals surface area contributed by atoms with E-state index in [1.54, 1.807) is 26.8 Å². The Morgan fingerprint density at radius 3 is 2.35 bits per heavy atom. The summed E-state index contributed by atoms with van der Waals surface area (Å²) < 4.78 is 29.5. The second kappa shape index (κ2) is 7.02. The minimum Gasteiger partial charge on any atom is -0.462 e. The number of aliphatic hydroxyl groups excluding tert-OH is 2. The van der Waals surface area contributed by atoms with E-state index >= 15 is 0 Å². The molecule has 3 saturated heterocycles. The van der Waals surface area contributed by atoms with E-state index in [9.17, 15) is 24.6 Å². The fourth-order valence-electron chi connectivity index (χ4n) is 7.04. The number of hydrogen-bond donors (Lipinski definition) is 2. The lowest BCUT2D eigenvalue weighted by Gasteiger charge is -2.54. The van der Waals surface area contributed by atoms with Crippen LogP contribution in [0.25, 0.3) is 0 Å². The van der Waals surface area contributed by atoms with Crippen molar-refractivity contribution in [2.75, 3.05) is 0 Å². The third kappa shape index (κ3) is 2.85. The molecule has 5 rings (SSSR count). The van der Waals surface area contributed by atoms with Crippen LogP contribution in [-0.2, 0) is 38.1 Å². The SMILES string of the molecule is CC(=O)O[C@H]1C[C@H]2O[C@@]2(C)[C@@H]2[C@H](OC(C)=O)[C@]34O[C@@]3(C)C(=O)O[C@H]4/C=C(\C)C[C@@H](O)[C@H](O)[C@@]12C. The van der Waals surface area contributed by atoms with Crippen molar-refractivity contribution in [3.63, 3.8) is 0 Å². The molecule has 0 bridgehead atoms. The molecule has 2 aliphatic carbocycles. The molecular weight excluding hydrogens is 448 g/mol. The van der Waals surface area contributed by atoms with Gasteiger partial charge in [0, 0.05) is 31.6 Å². The standard InChI is InChI=1S/C24H32O10/c1-10-7-13(27)18(28)21(4)14(30-11(2)25)9-15-22(5,33-15)17(21)19(31-12(3)26)24-16(8-10)32-20(29)23(24,6)34-24/h8,13-19,27-28H,7,9H2,1-6H3/b10-8+/t13-,14+,15-,16+,17-,18+,19+,21+,22-,23+,24+/m1/s1. The molecule has 3 aliphatic heterocycles. The van der Waals surface area contributed by atoms with E-state index in [0.29, 0.717) is 12.0 Å². The lowest BCUT2D eigenvalue weighted by atomic mass is 9.53. The highest BCUT2D eigenvalue weighted by atomic mass is 16.7. The average molecular weight is 481 g/mol. The van der Waals surface area contributed by atoms with E-state index in [4.69, 9.17) is 23.7 Å². The molecule has 5 aliphatic rings. The first-order valence-electron chi connectivity index (χ1n) is 11.7. The maximum absolute atomic E-state index is 12.9. The number of esters is 3. The van der Waals surface area contributed by atoms with Crippen molar-refractivity contribution in [3.05, 3.63) is 11.6 Å². The molecule has 2 N–H and O–H groups in total. The molecule has 188 valence electrons. The average Bonchev–Trinajstić information content (AvgIpc) is 3.55. The van der Waals surface area contributed by atoms with Crippen molar-refractivity contribution in [1.82, 2.24) is 0 Å². The maximum atomic E-state index is 12.9. The Bertz CT molecular complexity index is 992. The van der Waals surface area contributed by atoms with Crippen molar-refractivity contribution in [2.45, 2.75) is 108 Å². The number of ether oxygens (including phenoxy) is 5. The van der Waals surface area contributed by atoms with Crippen LogP contribution >= 0.6 is 0 Å². The molecule has 1 saturated carbocycles. The Morgan fingerprint density at radius 2 is 1.76 bits per heavy atom. The Hall–Kier alpha value is -2.01. The molecule has 0 unspecified atom stereocenters. The molecule has 0 aromatic heterocycles. The van der Waals surface area contributed by atoms with Gasteiger partial charge in [-0.15, -0.1) is 0 Å². The molecule has 10 nitrogen and oxygen atoms in total. The van der Waals surface area contributed by atoms with Crippen LogP contribution in [0.2, 0.25) is 0 Å². The summed E-state index contributed by atoms with van der Waals surface area (Å²) in [7, 11) is 0. The van der Waals surface area contributed by atoms with Crippen LogP contribution in [0, 0.1) is 11.3 Å². The van der Waals surface area contributed by atoms with Gasteiger partial charge in [-0.05, 0) is 33.3 Å². The van der Waals surface area contributed by atoms with Gasteiger partial charge in [0.05, 0.1) is 23.9 Å². The second-order valence-corrected chi connectivity index (χ2v) is 11.0. The number of epoxide rings is 2. The van der Waals surface area contributed by atoms with Gasteiger partial charge in [-0.25, -0.2) is 4.79 Å². The summed E-state index contributed by atoms with van der Waals surface area (Å²) in [5.41, 5.74) is -4.26. The van der Waals surface area contributed by atoms with Gasteiger partial charge in [-0.2, -0.15) is 0 Å². The smallest absolute Gasteiger partial charge is 0.342 e. The van der Waals surface area contributed by atoms with Gasteiger partial charge < -0.3 is 33.9 Å². The quantitative estimate of drug-likeness (QED) is 0.249. The van der Waals surface area contributed by atoms with Gasteiger partial charge in [0.2, 0.25) is 0 Å². The van der Waals surface area contributed by atoms with Crippen LogP contribution in [0.5, 0.6) is 0 Å². The van der Waals surface area contributed by atoms with E-state index in [1.807, 2.05) is 6.92 Å². The highest BCUT2D eigenvalue weighted by molar-refractivity contribution is 5.89. The van der Waals surface area contributed by atoms with Crippen LogP contribution in [-0.4, -0.2) is 81.5 Å². The first-order valence-corrected chi connectivity index (χ1v) is 11.7. The third-order valence-corrected chi connectivity index (χ3v) is 8.81. The van der Waals surface area contributed by atoms with E-state index in [2.05, 4.69) is 0 Å². The van der Waals surface area contributed by atoms with E-state index < -0.39 is 76.6 Å². The summed E-state index contributed by atoms with van der Waals surface area (Å²) in [6.07, 6.45) is -3.68. The maximum Gasteiger partial charge on any atom is 0.342 e. The molecule has 0 amide bonds. The molecule has 10 heteroatoms. The van der Waals surface area contributed by atoms with E-state index in [-0.39, 0.29) is 12.5 Å². The lowest BCUT2D eigenvalue weighted by molar-refractivity contribution is -0.216. The highest BCUT2D eigenvalue weighted by Gasteiger charge is 2.89. The number of fused-ring (bicyclic) bond motifs is 3. The normalized spacial score (nSPS) is 54.6. The fraction of sp³-hybridized carbons (Fsp3) is 0.792. The number of hydrogen-bond acceptors (Lipinski definition) is 10. The fourth-order valence-corrected chi connectivity index (χ4v) is 7.04. The van der Waals surface area contributed by atoms with Crippen LogP contribution in [0.3, 0.4) is 0 Å². The van der Waals surface area contributed by atoms with Crippen molar-refractivity contribution in [3.8, 4) is 0 Å². The minimum absolute atomic E-state index is 0.0936. The minimum atomic E-state index is -1.37. The van der Waals surface area contributed by atoms with Crippen molar-refractivity contribution >= 4 is 17.9 Å². The van der Waals surface area contributed by atoms with E-state index in [0.717, 1.165) is 0 Å². The number of aliphatic hydroxyl groups is 2. The Balaban J connectivity index is 1.75. The summed E-state index contributed by atoms with van der Waals surface area (Å²) in [5, 5.41) is 22.7. The zero-order valence-electron chi connectivity index (χ0n) is 20.2. The van der Waals surface area contributed by atoms with Crippen LogP contribution < -0.4 is 0 Å². The predicted octanol–water partition coefficient (Wildman–Crippen LogP) is 0.558. The summed E-state index contributed by atoms with van der Waals surface area (Å²) >= 11 is 0. The third-order valence-electron chi connectivity index (χ3n) is 8.81.